The number of rotatable bonds is 8. The Hall–Kier alpha value is -4.16. The monoisotopic (exact) mass is 386 g/mol. The van der Waals surface area contributed by atoms with Gasteiger partial charge in [0.15, 0.2) is 5.82 Å². The molecule has 0 aliphatic rings. The molecule has 0 saturated carbocycles. The summed E-state index contributed by atoms with van der Waals surface area (Å²) in [4.78, 5) is 41.6. The zero-order valence-corrected chi connectivity index (χ0v) is 14.3. The minimum Gasteiger partial charge on any atom is -0.350 e. The van der Waals surface area contributed by atoms with E-state index < -0.39 is 10.8 Å². The van der Waals surface area contributed by atoms with Crippen LogP contribution in [0.1, 0.15) is 26.9 Å². The smallest absolute Gasteiger partial charge is 0.316 e. The Morgan fingerprint density at radius 3 is 2.68 bits per heavy atom. The standard InChI is InChI=1S/C15H14N8O5/c24-13(10-2-1-3-16-6-10)17-4-5-18-14(25)15-20-12(21-28-15)9-22-8-11(7-19-22)23(26)27/h1-3,6-8H,4-5,9H2,(H,17,24)(H,18,25). The van der Waals surface area contributed by atoms with Gasteiger partial charge in [0.05, 0.1) is 10.5 Å². The first kappa shape index (κ1) is 18.6. The van der Waals surface area contributed by atoms with Crippen LogP contribution in [0.25, 0.3) is 0 Å². The number of nitrogens with one attached hydrogen (secondary N) is 2. The van der Waals surface area contributed by atoms with Crippen molar-refractivity contribution in [2.24, 2.45) is 0 Å². The van der Waals surface area contributed by atoms with Gasteiger partial charge in [0.1, 0.15) is 18.9 Å². The van der Waals surface area contributed by atoms with Crippen LogP contribution in [0.3, 0.4) is 0 Å². The van der Waals surface area contributed by atoms with E-state index in [-0.39, 0.29) is 42.9 Å². The lowest BCUT2D eigenvalue weighted by molar-refractivity contribution is -0.385. The van der Waals surface area contributed by atoms with Gasteiger partial charge >= 0.3 is 17.5 Å². The van der Waals surface area contributed by atoms with Crippen molar-refractivity contribution in [3.8, 4) is 0 Å². The first-order valence-corrected chi connectivity index (χ1v) is 7.99. The maximum Gasteiger partial charge on any atom is 0.316 e. The van der Waals surface area contributed by atoms with Gasteiger partial charge in [0, 0.05) is 25.5 Å². The Morgan fingerprint density at radius 2 is 2.00 bits per heavy atom. The average Bonchev–Trinajstić information content (AvgIpc) is 3.36. The summed E-state index contributed by atoms with van der Waals surface area (Å²) in [6.45, 7) is 0.344. The lowest BCUT2D eigenvalue weighted by Gasteiger charge is -2.05. The van der Waals surface area contributed by atoms with E-state index in [1.807, 2.05) is 0 Å². The van der Waals surface area contributed by atoms with Crippen LogP contribution in [0.15, 0.2) is 41.4 Å². The minimum absolute atomic E-state index is 0.00574. The van der Waals surface area contributed by atoms with Gasteiger partial charge in [-0.05, 0) is 12.1 Å². The second-order valence-corrected chi connectivity index (χ2v) is 5.42. The maximum absolute atomic E-state index is 12.0. The summed E-state index contributed by atoms with van der Waals surface area (Å²) in [7, 11) is 0. The number of hydrogen-bond donors (Lipinski definition) is 2. The lowest BCUT2D eigenvalue weighted by atomic mass is 10.3. The number of nitro groups is 1. The van der Waals surface area contributed by atoms with E-state index in [0.29, 0.717) is 5.56 Å². The molecule has 0 unspecified atom stereocenters. The van der Waals surface area contributed by atoms with Gasteiger partial charge in [-0.2, -0.15) is 10.1 Å². The Labute approximate surface area is 156 Å². The third-order valence-electron chi connectivity index (χ3n) is 3.42. The molecule has 0 radical (unpaired) electrons. The molecule has 0 spiro atoms. The van der Waals surface area contributed by atoms with Crippen LogP contribution in [0, 0.1) is 10.1 Å². The topological polar surface area (TPSA) is 171 Å². The molecule has 0 aromatic carbocycles. The molecule has 3 rings (SSSR count). The van der Waals surface area contributed by atoms with Gasteiger partial charge in [0.25, 0.3) is 5.91 Å². The first-order chi connectivity index (χ1) is 13.5. The maximum atomic E-state index is 12.0. The van der Waals surface area contributed by atoms with E-state index >= 15 is 0 Å². The van der Waals surface area contributed by atoms with Crippen molar-refractivity contribution in [1.82, 2.24) is 35.5 Å². The van der Waals surface area contributed by atoms with Gasteiger partial charge in [-0.3, -0.25) is 29.4 Å². The summed E-state index contributed by atoms with van der Waals surface area (Å²) in [5.41, 5.74) is 0.240. The van der Waals surface area contributed by atoms with E-state index in [4.69, 9.17) is 4.52 Å². The van der Waals surface area contributed by atoms with Crippen LogP contribution in [0.5, 0.6) is 0 Å². The van der Waals surface area contributed by atoms with Gasteiger partial charge < -0.3 is 15.2 Å². The molecule has 0 fully saturated rings. The number of aromatic nitrogens is 5. The highest BCUT2D eigenvalue weighted by Gasteiger charge is 2.16. The molecule has 3 aromatic rings. The summed E-state index contributed by atoms with van der Waals surface area (Å²) >= 11 is 0. The van der Waals surface area contributed by atoms with Crippen molar-refractivity contribution >= 4 is 17.5 Å². The fraction of sp³-hybridized carbons (Fsp3) is 0.200. The fourth-order valence-electron chi connectivity index (χ4n) is 2.12. The van der Waals surface area contributed by atoms with Crippen LogP contribution in [0.2, 0.25) is 0 Å². The molecule has 0 saturated heterocycles. The number of pyridine rings is 1. The van der Waals surface area contributed by atoms with E-state index in [2.05, 4.69) is 30.9 Å². The number of carbonyl (C=O) groups excluding carboxylic acids is 2. The number of carbonyl (C=O) groups is 2. The second-order valence-electron chi connectivity index (χ2n) is 5.42. The van der Waals surface area contributed by atoms with E-state index in [1.54, 1.807) is 18.3 Å². The lowest BCUT2D eigenvalue weighted by Crippen LogP contribution is -2.34. The van der Waals surface area contributed by atoms with Crippen LogP contribution in [0.4, 0.5) is 5.69 Å². The quantitative estimate of drug-likeness (QED) is 0.301. The highest BCUT2D eigenvalue weighted by molar-refractivity contribution is 5.93. The Bertz CT molecular complexity index is 983. The average molecular weight is 386 g/mol. The molecule has 2 amide bonds. The van der Waals surface area contributed by atoms with Crippen molar-refractivity contribution < 1.29 is 19.0 Å². The molecule has 0 atom stereocenters. The van der Waals surface area contributed by atoms with E-state index in [0.717, 1.165) is 6.20 Å². The molecule has 13 heteroatoms. The molecular formula is C15H14N8O5. The molecule has 13 nitrogen and oxygen atoms in total. The number of nitrogens with zero attached hydrogens (tertiary/aromatic N) is 6. The number of amides is 2. The molecule has 144 valence electrons. The van der Waals surface area contributed by atoms with Gasteiger partial charge in [-0.1, -0.05) is 5.16 Å². The molecule has 28 heavy (non-hydrogen) atoms. The third-order valence-corrected chi connectivity index (χ3v) is 3.42. The van der Waals surface area contributed by atoms with E-state index in [1.165, 1.54) is 17.1 Å². The Kier molecular flexibility index (Phi) is 5.64. The number of hydrogen-bond acceptors (Lipinski definition) is 9. The van der Waals surface area contributed by atoms with Gasteiger partial charge in [0.2, 0.25) is 0 Å². The highest BCUT2D eigenvalue weighted by atomic mass is 16.6. The second kappa shape index (κ2) is 8.48. The van der Waals surface area contributed by atoms with Crippen molar-refractivity contribution in [2.45, 2.75) is 6.54 Å². The van der Waals surface area contributed by atoms with Gasteiger partial charge in [-0.15, -0.1) is 0 Å². The zero-order valence-electron chi connectivity index (χ0n) is 14.3. The van der Waals surface area contributed by atoms with Crippen LogP contribution >= 0.6 is 0 Å². The molecule has 0 aliphatic heterocycles. The molecule has 2 N–H and O–H groups in total. The molecule has 3 heterocycles. The Morgan fingerprint density at radius 1 is 1.21 bits per heavy atom. The largest absolute Gasteiger partial charge is 0.350 e. The Balaban J connectivity index is 1.45. The van der Waals surface area contributed by atoms with Crippen molar-refractivity contribution in [3.63, 3.8) is 0 Å². The predicted octanol–water partition coefficient (Wildman–Crippen LogP) is -0.223. The first-order valence-electron chi connectivity index (χ1n) is 7.99. The molecule has 0 aliphatic carbocycles. The van der Waals surface area contributed by atoms with Crippen LogP contribution < -0.4 is 10.6 Å². The van der Waals surface area contributed by atoms with Gasteiger partial charge in [-0.25, -0.2) is 0 Å². The fourth-order valence-corrected chi connectivity index (χ4v) is 2.12. The summed E-state index contributed by atoms with van der Waals surface area (Å²) in [6, 6.07) is 3.26. The summed E-state index contributed by atoms with van der Waals surface area (Å²) in [5, 5.41) is 23.2. The highest BCUT2D eigenvalue weighted by Crippen LogP contribution is 2.09. The molecular weight excluding hydrogens is 372 g/mol. The molecule has 3 aromatic heterocycles. The summed E-state index contributed by atoms with van der Waals surface area (Å²) in [5.74, 6) is -1.06. The third kappa shape index (κ3) is 4.72. The minimum atomic E-state index is -0.610. The van der Waals surface area contributed by atoms with Crippen molar-refractivity contribution in [3.05, 3.63) is 64.3 Å². The van der Waals surface area contributed by atoms with Crippen LogP contribution in [-0.2, 0) is 6.54 Å². The van der Waals surface area contributed by atoms with Crippen LogP contribution in [-0.4, -0.2) is 54.7 Å². The predicted molar refractivity (Wildman–Crippen MR) is 91.2 cm³/mol. The van der Waals surface area contributed by atoms with Crippen molar-refractivity contribution in [2.75, 3.05) is 13.1 Å². The molecule has 0 bridgehead atoms. The normalized spacial score (nSPS) is 10.4. The van der Waals surface area contributed by atoms with E-state index in [9.17, 15) is 19.7 Å². The van der Waals surface area contributed by atoms with Crippen molar-refractivity contribution in [1.29, 1.82) is 0 Å². The SMILES string of the molecule is O=C(NCCNC(=O)c1nc(Cn2cc([N+](=O)[O-])cn2)no1)c1cccnc1. The summed E-state index contributed by atoms with van der Waals surface area (Å²) < 4.78 is 6.11. The zero-order chi connectivity index (χ0) is 19.9. The summed E-state index contributed by atoms with van der Waals surface area (Å²) in [6.07, 6.45) is 5.29.